The van der Waals surface area contributed by atoms with Gasteiger partial charge in [0.2, 0.25) is 0 Å². The average molecular weight is 432 g/mol. The maximum absolute atomic E-state index is 14.7. The normalized spacial score (nSPS) is 18.7. The minimum Gasteiger partial charge on any atom is -0.347 e. The van der Waals surface area contributed by atoms with Crippen molar-refractivity contribution in [2.45, 2.75) is 18.4 Å². The van der Waals surface area contributed by atoms with Crippen LogP contribution in [0.3, 0.4) is 0 Å². The molecule has 2 N–H and O–H groups in total. The first-order valence-electron chi connectivity index (χ1n) is 9.79. The van der Waals surface area contributed by atoms with Crippen molar-refractivity contribution in [1.82, 2.24) is 20.4 Å². The van der Waals surface area contributed by atoms with Gasteiger partial charge in [0.05, 0.1) is 5.69 Å². The molecule has 2 aromatic carbocycles. The lowest BCUT2D eigenvalue weighted by Crippen LogP contribution is -2.50. The Bertz CT molecular complexity index is 1110. The van der Waals surface area contributed by atoms with Crippen LogP contribution in [0.5, 0.6) is 0 Å². The molecule has 1 saturated heterocycles. The van der Waals surface area contributed by atoms with Crippen LogP contribution >= 0.6 is 0 Å². The number of aryl methyl sites for hydroxylation is 1. The van der Waals surface area contributed by atoms with Crippen molar-refractivity contribution in [3.8, 4) is 11.3 Å². The van der Waals surface area contributed by atoms with Crippen molar-refractivity contribution in [3.05, 3.63) is 77.0 Å². The van der Waals surface area contributed by atoms with Crippen molar-refractivity contribution in [2.24, 2.45) is 7.05 Å². The predicted molar refractivity (Wildman–Crippen MR) is 106 cm³/mol. The van der Waals surface area contributed by atoms with Gasteiger partial charge in [0.15, 0.2) is 11.6 Å². The second-order valence-electron chi connectivity index (χ2n) is 7.51. The number of carbonyl (C=O) groups excluding carboxylic acids is 1. The molecular formula is C22H20F4N4O. The fourth-order valence-corrected chi connectivity index (χ4v) is 3.99. The lowest BCUT2D eigenvalue weighted by Gasteiger charge is -2.33. The van der Waals surface area contributed by atoms with Gasteiger partial charge in [0, 0.05) is 37.3 Å². The molecule has 5 nitrogen and oxygen atoms in total. The van der Waals surface area contributed by atoms with E-state index in [-0.39, 0.29) is 11.5 Å². The van der Waals surface area contributed by atoms with Gasteiger partial charge in [-0.2, -0.15) is 5.10 Å². The van der Waals surface area contributed by atoms with E-state index in [0.29, 0.717) is 30.8 Å². The van der Waals surface area contributed by atoms with Crippen molar-refractivity contribution in [3.63, 3.8) is 0 Å². The summed E-state index contributed by atoms with van der Waals surface area (Å²) in [5.74, 6) is -5.18. The van der Waals surface area contributed by atoms with Crippen molar-refractivity contribution < 1.29 is 22.4 Å². The molecule has 1 amide bonds. The Kier molecular flexibility index (Phi) is 5.77. The second kappa shape index (κ2) is 8.50. The van der Waals surface area contributed by atoms with E-state index in [0.717, 1.165) is 24.3 Å². The molecule has 1 aromatic heterocycles. The van der Waals surface area contributed by atoms with Crippen LogP contribution < -0.4 is 10.6 Å². The molecule has 3 aromatic rings. The van der Waals surface area contributed by atoms with E-state index in [9.17, 15) is 22.4 Å². The largest absolute Gasteiger partial charge is 0.347 e. The van der Waals surface area contributed by atoms with Gasteiger partial charge in [-0.05, 0) is 48.9 Å². The van der Waals surface area contributed by atoms with Crippen LogP contribution in [0.2, 0.25) is 0 Å². The van der Waals surface area contributed by atoms with Crippen LogP contribution in [0, 0.1) is 23.3 Å². The lowest BCUT2D eigenvalue weighted by atomic mass is 9.85. The van der Waals surface area contributed by atoms with Gasteiger partial charge in [-0.25, -0.2) is 17.6 Å². The van der Waals surface area contributed by atoms with Crippen LogP contribution in [0.25, 0.3) is 11.3 Å². The van der Waals surface area contributed by atoms with Gasteiger partial charge >= 0.3 is 0 Å². The Morgan fingerprint density at radius 2 is 1.81 bits per heavy atom. The maximum atomic E-state index is 14.7. The highest BCUT2D eigenvalue weighted by Gasteiger charge is 2.30. The molecule has 1 unspecified atom stereocenters. The van der Waals surface area contributed by atoms with Gasteiger partial charge < -0.3 is 10.6 Å². The third-order valence-corrected chi connectivity index (χ3v) is 5.56. The minimum atomic E-state index is -0.998. The molecule has 31 heavy (non-hydrogen) atoms. The van der Waals surface area contributed by atoms with Gasteiger partial charge in [-0.1, -0.05) is 6.07 Å². The first-order chi connectivity index (χ1) is 14.8. The number of piperidine rings is 1. The molecule has 162 valence electrons. The molecule has 1 aliphatic heterocycles. The summed E-state index contributed by atoms with van der Waals surface area (Å²) in [5, 5.41) is 9.72. The monoisotopic (exact) mass is 432 g/mol. The molecule has 9 heteroatoms. The zero-order chi connectivity index (χ0) is 22.1. The molecular weight excluding hydrogens is 412 g/mol. The fraction of sp³-hybridized carbons (Fsp3) is 0.273. The molecule has 0 aliphatic carbocycles. The van der Waals surface area contributed by atoms with Crippen molar-refractivity contribution in [2.75, 3.05) is 13.1 Å². The third kappa shape index (κ3) is 4.18. The SMILES string of the molecule is Cn1nccc1-c1cc(F)c(C(=O)NC2CNCC[C@H]2c2ccc(F)c(F)c2)c(F)c1. The van der Waals surface area contributed by atoms with E-state index in [2.05, 4.69) is 15.7 Å². The summed E-state index contributed by atoms with van der Waals surface area (Å²) in [7, 11) is 1.64. The Balaban J connectivity index is 1.59. The molecule has 4 rings (SSSR count). The summed E-state index contributed by atoms with van der Waals surface area (Å²) in [6.45, 7) is 0.934. The quantitative estimate of drug-likeness (QED) is 0.621. The van der Waals surface area contributed by atoms with Crippen LogP contribution in [0.1, 0.15) is 28.3 Å². The molecule has 0 saturated carbocycles. The summed E-state index contributed by atoms with van der Waals surface area (Å²) in [5.41, 5.74) is 0.573. The zero-order valence-electron chi connectivity index (χ0n) is 16.6. The van der Waals surface area contributed by atoms with E-state index in [1.165, 1.54) is 16.9 Å². The number of benzene rings is 2. The van der Waals surface area contributed by atoms with Crippen LogP contribution in [0.15, 0.2) is 42.6 Å². The number of nitrogens with one attached hydrogen (secondary N) is 2. The number of hydrogen-bond acceptors (Lipinski definition) is 3. The summed E-state index contributed by atoms with van der Waals surface area (Å²) in [6, 6.07) is 6.80. The zero-order valence-corrected chi connectivity index (χ0v) is 16.6. The average Bonchev–Trinajstić information content (AvgIpc) is 3.16. The topological polar surface area (TPSA) is 59.0 Å². The summed E-state index contributed by atoms with van der Waals surface area (Å²) < 4.78 is 57.9. The molecule has 1 aliphatic rings. The fourth-order valence-electron chi connectivity index (χ4n) is 3.99. The number of rotatable bonds is 4. The Morgan fingerprint density at radius 1 is 1.06 bits per heavy atom. The van der Waals surface area contributed by atoms with Crippen LogP contribution in [-0.4, -0.2) is 34.8 Å². The van der Waals surface area contributed by atoms with E-state index in [1.54, 1.807) is 13.1 Å². The summed E-state index contributed by atoms with van der Waals surface area (Å²) >= 11 is 0. The summed E-state index contributed by atoms with van der Waals surface area (Å²) in [4.78, 5) is 12.7. The van der Waals surface area contributed by atoms with Crippen molar-refractivity contribution in [1.29, 1.82) is 0 Å². The molecule has 1 fully saturated rings. The molecule has 2 heterocycles. The number of carbonyl (C=O) groups is 1. The number of aromatic nitrogens is 2. The highest BCUT2D eigenvalue weighted by Crippen LogP contribution is 2.28. The van der Waals surface area contributed by atoms with Gasteiger partial charge in [-0.3, -0.25) is 9.48 Å². The van der Waals surface area contributed by atoms with Crippen molar-refractivity contribution >= 4 is 5.91 Å². The Labute approximate surface area is 176 Å². The van der Waals surface area contributed by atoms with E-state index >= 15 is 0 Å². The maximum Gasteiger partial charge on any atom is 0.257 e. The minimum absolute atomic E-state index is 0.255. The first-order valence-corrected chi connectivity index (χ1v) is 9.79. The van der Waals surface area contributed by atoms with E-state index < -0.39 is 40.8 Å². The predicted octanol–water partition coefficient (Wildman–Crippen LogP) is 3.52. The van der Waals surface area contributed by atoms with Gasteiger partial charge in [0.1, 0.15) is 17.2 Å². The van der Waals surface area contributed by atoms with Gasteiger partial charge in [-0.15, -0.1) is 0 Å². The second-order valence-corrected chi connectivity index (χ2v) is 7.51. The summed E-state index contributed by atoms with van der Waals surface area (Å²) in [6.07, 6.45) is 2.04. The number of halogens is 4. The number of hydrogen-bond donors (Lipinski definition) is 2. The van der Waals surface area contributed by atoms with E-state index in [4.69, 9.17) is 0 Å². The first kappa shape index (κ1) is 21.0. The van der Waals surface area contributed by atoms with Crippen LogP contribution in [0.4, 0.5) is 17.6 Å². The molecule has 2 atom stereocenters. The third-order valence-electron chi connectivity index (χ3n) is 5.56. The van der Waals surface area contributed by atoms with E-state index in [1.807, 2.05) is 0 Å². The molecule has 0 spiro atoms. The number of amides is 1. The highest BCUT2D eigenvalue weighted by molar-refractivity contribution is 5.95. The number of nitrogens with zero attached hydrogens (tertiary/aromatic N) is 2. The standard InChI is InChI=1S/C22H20F4N4O/c1-30-20(5-7-28-30)13-9-17(25)21(18(26)10-13)22(31)29-19-11-27-6-4-14(19)12-2-3-15(23)16(24)8-12/h2-3,5,7-10,14,19,27H,4,6,11H2,1H3,(H,29,31)/t14-,19?/m0/s1. The lowest BCUT2D eigenvalue weighted by molar-refractivity contribution is 0.0916. The molecule has 0 radical (unpaired) electrons. The highest BCUT2D eigenvalue weighted by atomic mass is 19.2. The smallest absolute Gasteiger partial charge is 0.257 e. The van der Waals surface area contributed by atoms with Gasteiger partial charge in [0.25, 0.3) is 5.91 Å². The Hall–Kier alpha value is -3.20. The Morgan fingerprint density at radius 3 is 2.45 bits per heavy atom. The van der Waals surface area contributed by atoms with Crippen LogP contribution in [-0.2, 0) is 7.05 Å². The molecule has 0 bridgehead atoms.